The Morgan fingerprint density at radius 2 is 2.09 bits per heavy atom. The van der Waals surface area contributed by atoms with Gasteiger partial charge in [-0.1, -0.05) is 18.2 Å². The molecule has 1 saturated heterocycles. The van der Waals surface area contributed by atoms with Gasteiger partial charge in [-0.15, -0.1) is 13.2 Å². The molecule has 2 fully saturated rings. The standard InChI is InChI=1S/C16H19F3N2O2/c17-16(18,19)23-14-6-2-1-5-11(14)12-8-13(12)15(22)21-7-3-4-10(21)9-20/h1-2,5-6,10,12-13H,3-4,7-9,20H2/t10-,12+,13+/m0/s1. The number of nitrogens with two attached hydrogens (primary N) is 1. The quantitative estimate of drug-likeness (QED) is 0.924. The van der Waals surface area contributed by atoms with Crippen molar-refractivity contribution in [2.24, 2.45) is 11.7 Å². The number of carbonyl (C=O) groups is 1. The van der Waals surface area contributed by atoms with Crippen molar-refractivity contribution in [2.75, 3.05) is 13.1 Å². The first-order valence-corrected chi connectivity index (χ1v) is 7.76. The molecule has 3 rings (SSSR count). The number of nitrogens with zero attached hydrogens (tertiary/aromatic N) is 1. The molecule has 4 nitrogen and oxygen atoms in total. The average Bonchev–Trinajstić information content (AvgIpc) is 3.13. The second kappa shape index (κ2) is 6.03. The lowest BCUT2D eigenvalue weighted by molar-refractivity contribution is -0.274. The highest BCUT2D eigenvalue weighted by molar-refractivity contribution is 5.83. The lowest BCUT2D eigenvalue weighted by Crippen LogP contribution is -2.40. The Morgan fingerprint density at radius 3 is 2.78 bits per heavy atom. The molecule has 0 aromatic heterocycles. The molecule has 0 bridgehead atoms. The number of para-hydroxylation sites is 1. The number of ether oxygens (including phenoxy) is 1. The van der Waals surface area contributed by atoms with Crippen molar-refractivity contribution in [3.8, 4) is 5.75 Å². The maximum Gasteiger partial charge on any atom is 0.573 e. The van der Waals surface area contributed by atoms with E-state index in [4.69, 9.17) is 5.73 Å². The van der Waals surface area contributed by atoms with E-state index in [9.17, 15) is 18.0 Å². The Kier molecular flexibility index (Phi) is 4.23. The minimum atomic E-state index is -4.73. The normalized spacial score (nSPS) is 27.1. The van der Waals surface area contributed by atoms with Crippen molar-refractivity contribution in [3.05, 3.63) is 29.8 Å². The Balaban J connectivity index is 1.72. The van der Waals surface area contributed by atoms with Gasteiger partial charge < -0.3 is 15.4 Å². The number of hydrogen-bond donors (Lipinski definition) is 1. The van der Waals surface area contributed by atoms with Gasteiger partial charge in [0.25, 0.3) is 0 Å². The molecule has 1 aromatic carbocycles. The minimum Gasteiger partial charge on any atom is -0.405 e. The molecule has 1 aliphatic heterocycles. The van der Waals surface area contributed by atoms with E-state index in [1.165, 1.54) is 12.1 Å². The monoisotopic (exact) mass is 328 g/mol. The molecule has 1 aliphatic carbocycles. The molecule has 1 saturated carbocycles. The van der Waals surface area contributed by atoms with Crippen LogP contribution in [0, 0.1) is 5.92 Å². The summed E-state index contributed by atoms with van der Waals surface area (Å²) in [6.45, 7) is 1.11. The van der Waals surface area contributed by atoms with Gasteiger partial charge in [-0.2, -0.15) is 0 Å². The molecule has 2 N–H and O–H groups in total. The van der Waals surface area contributed by atoms with Crippen molar-refractivity contribution >= 4 is 5.91 Å². The average molecular weight is 328 g/mol. The van der Waals surface area contributed by atoms with Crippen molar-refractivity contribution in [3.63, 3.8) is 0 Å². The number of benzene rings is 1. The zero-order chi connectivity index (χ0) is 16.6. The summed E-state index contributed by atoms with van der Waals surface area (Å²) < 4.78 is 41.6. The van der Waals surface area contributed by atoms with E-state index < -0.39 is 6.36 Å². The summed E-state index contributed by atoms with van der Waals surface area (Å²) in [6, 6.07) is 6.11. The van der Waals surface area contributed by atoms with Gasteiger partial charge in [-0.3, -0.25) is 4.79 Å². The van der Waals surface area contributed by atoms with E-state index in [0.717, 1.165) is 12.8 Å². The van der Waals surface area contributed by atoms with Gasteiger partial charge in [0.1, 0.15) is 5.75 Å². The van der Waals surface area contributed by atoms with Crippen LogP contribution in [0.4, 0.5) is 13.2 Å². The van der Waals surface area contributed by atoms with Crippen molar-refractivity contribution < 1.29 is 22.7 Å². The Labute approximate surface area is 132 Å². The van der Waals surface area contributed by atoms with Gasteiger partial charge in [0.05, 0.1) is 0 Å². The molecule has 7 heteroatoms. The van der Waals surface area contributed by atoms with Gasteiger partial charge in [0, 0.05) is 25.0 Å². The lowest BCUT2D eigenvalue weighted by Gasteiger charge is -2.23. The van der Waals surface area contributed by atoms with E-state index >= 15 is 0 Å². The number of halogens is 3. The van der Waals surface area contributed by atoms with Crippen molar-refractivity contribution in [1.82, 2.24) is 4.90 Å². The summed E-state index contributed by atoms with van der Waals surface area (Å²) in [7, 11) is 0. The highest BCUT2D eigenvalue weighted by atomic mass is 19.4. The summed E-state index contributed by atoms with van der Waals surface area (Å²) in [5.74, 6) is -0.679. The number of hydrogen-bond acceptors (Lipinski definition) is 3. The van der Waals surface area contributed by atoms with Crippen molar-refractivity contribution in [2.45, 2.75) is 37.6 Å². The molecule has 1 aromatic rings. The number of carbonyl (C=O) groups excluding carboxylic acids is 1. The fraction of sp³-hybridized carbons (Fsp3) is 0.562. The molecule has 3 atom stereocenters. The van der Waals surface area contributed by atoms with Gasteiger partial charge >= 0.3 is 6.36 Å². The first-order valence-electron chi connectivity index (χ1n) is 7.76. The number of amides is 1. The van der Waals surface area contributed by atoms with Crippen LogP contribution in [0.3, 0.4) is 0 Å². The highest BCUT2D eigenvalue weighted by Gasteiger charge is 2.49. The first kappa shape index (κ1) is 16.1. The van der Waals surface area contributed by atoms with E-state index in [1.807, 2.05) is 0 Å². The second-order valence-corrected chi connectivity index (χ2v) is 6.10. The summed E-state index contributed by atoms with van der Waals surface area (Å²) in [4.78, 5) is 14.4. The molecule has 0 spiro atoms. The van der Waals surface area contributed by atoms with E-state index in [0.29, 0.717) is 25.1 Å². The number of alkyl halides is 3. The van der Waals surface area contributed by atoms with Gasteiger partial charge in [0.2, 0.25) is 5.91 Å². The fourth-order valence-corrected chi connectivity index (χ4v) is 3.40. The molecule has 2 aliphatic rings. The minimum absolute atomic E-state index is 0.00441. The maximum absolute atomic E-state index is 12.6. The smallest absolute Gasteiger partial charge is 0.405 e. The topological polar surface area (TPSA) is 55.6 Å². The van der Waals surface area contributed by atoms with Crippen LogP contribution in [0.25, 0.3) is 0 Å². The van der Waals surface area contributed by atoms with Gasteiger partial charge in [0.15, 0.2) is 0 Å². The SMILES string of the molecule is NC[C@@H]1CCCN1C(=O)[C@@H]1C[C@@H]1c1ccccc1OC(F)(F)F. The molecular weight excluding hydrogens is 309 g/mol. The molecule has 1 amide bonds. The summed E-state index contributed by atoms with van der Waals surface area (Å²) in [5, 5.41) is 0. The zero-order valence-electron chi connectivity index (χ0n) is 12.6. The number of rotatable bonds is 4. The summed E-state index contributed by atoms with van der Waals surface area (Å²) >= 11 is 0. The van der Waals surface area contributed by atoms with E-state index in [2.05, 4.69) is 4.74 Å². The van der Waals surface area contributed by atoms with Gasteiger partial charge in [-0.25, -0.2) is 0 Å². The third-order valence-corrected chi connectivity index (χ3v) is 4.58. The van der Waals surface area contributed by atoms with E-state index in [-0.39, 0.29) is 29.5 Å². The first-order chi connectivity index (χ1) is 10.9. The Morgan fingerprint density at radius 1 is 1.35 bits per heavy atom. The highest BCUT2D eigenvalue weighted by Crippen LogP contribution is 2.52. The second-order valence-electron chi connectivity index (χ2n) is 6.10. The van der Waals surface area contributed by atoms with Crippen LogP contribution in [0.1, 0.15) is 30.7 Å². The summed E-state index contributed by atoms with van der Waals surface area (Å²) in [6.07, 6.45) is -2.35. The van der Waals surface area contributed by atoms with Crippen LogP contribution >= 0.6 is 0 Å². The number of likely N-dealkylation sites (tertiary alicyclic amines) is 1. The predicted octanol–water partition coefficient (Wildman–Crippen LogP) is 2.64. The largest absolute Gasteiger partial charge is 0.573 e. The van der Waals surface area contributed by atoms with Crippen LogP contribution in [0.15, 0.2) is 24.3 Å². The Bertz CT molecular complexity index is 591. The molecular formula is C16H19F3N2O2. The fourth-order valence-electron chi connectivity index (χ4n) is 3.40. The predicted molar refractivity (Wildman–Crippen MR) is 77.8 cm³/mol. The molecule has 126 valence electrons. The molecule has 23 heavy (non-hydrogen) atoms. The van der Waals surface area contributed by atoms with Crippen LogP contribution in [0.2, 0.25) is 0 Å². The third-order valence-electron chi connectivity index (χ3n) is 4.58. The molecule has 1 heterocycles. The molecule has 0 unspecified atom stereocenters. The zero-order valence-corrected chi connectivity index (χ0v) is 12.6. The third kappa shape index (κ3) is 3.44. The van der Waals surface area contributed by atoms with Gasteiger partial charge in [-0.05, 0) is 36.8 Å². The maximum atomic E-state index is 12.6. The van der Waals surface area contributed by atoms with Crippen molar-refractivity contribution in [1.29, 1.82) is 0 Å². The van der Waals surface area contributed by atoms with Crippen LogP contribution in [-0.4, -0.2) is 36.3 Å². The Hall–Kier alpha value is -1.76. The van der Waals surface area contributed by atoms with Crippen LogP contribution < -0.4 is 10.5 Å². The lowest BCUT2D eigenvalue weighted by atomic mass is 10.1. The summed E-state index contributed by atoms with van der Waals surface area (Å²) in [5.41, 5.74) is 6.13. The van der Waals surface area contributed by atoms with E-state index in [1.54, 1.807) is 17.0 Å². The van der Waals surface area contributed by atoms with Crippen LogP contribution in [-0.2, 0) is 4.79 Å². The van der Waals surface area contributed by atoms with Crippen LogP contribution in [0.5, 0.6) is 5.75 Å². The molecule has 0 radical (unpaired) electrons.